The van der Waals surface area contributed by atoms with Crippen molar-refractivity contribution in [1.29, 1.82) is 0 Å². The van der Waals surface area contributed by atoms with Crippen LogP contribution in [-0.2, 0) is 24.7 Å². The normalized spacial score (nSPS) is 25.6. The first kappa shape index (κ1) is 19.6. The molecule has 1 aliphatic heterocycles. The Morgan fingerprint density at radius 1 is 1.00 bits per heavy atom. The summed E-state index contributed by atoms with van der Waals surface area (Å²) in [6.45, 7) is 0. The quantitative estimate of drug-likeness (QED) is 0.764. The molecule has 1 aliphatic carbocycles. The molecule has 1 aromatic carbocycles. The summed E-state index contributed by atoms with van der Waals surface area (Å²) >= 11 is 0.666. The van der Waals surface area contributed by atoms with Crippen LogP contribution in [0.25, 0.3) is 0 Å². The highest BCUT2D eigenvalue weighted by atomic mass is 32.3. The van der Waals surface area contributed by atoms with Gasteiger partial charge in [-0.1, -0.05) is 24.6 Å². The lowest BCUT2D eigenvalue weighted by Gasteiger charge is -2.25. The molecule has 4 rings (SSSR count). The number of carbonyl (C=O) groups is 1. The molecule has 0 radical (unpaired) electrons. The predicted molar refractivity (Wildman–Crippen MR) is 102 cm³/mol. The smallest absolute Gasteiger partial charge is 0.322 e. The van der Waals surface area contributed by atoms with E-state index in [9.17, 15) is 26.7 Å². The van der Waals surface area contributed by atoms with E-state index in [1.165, 1.54) is 24.3 Å². The minimum absolute atomic E-state index is 0.0448. The van der Waals surface area contributed by atoms with E-state index in [4.69, 9.17) is 0 Å². The van der Waals surface area contributed by atoms with Crippen LogP contribution in [-0.4, -0.2) is 44.3 Å². The molecule has 0 amide bonds. The summed E-state index contributed by atoms with van der Waals surface area (Å²) in [6, 6.07) is 8.90. The Bertz CT molecular complexity index is 1110. The van der Waals surface area contributed by atoms with Gasteiger partial charge in [0, 0.05) is 6.04 Å². The molecule has 2 heterocycles. The standard InChI is InChI=1S/C18H19NO6S3/c20-18(21)15-11-12-5-4-8-14(12)19(15)28(24,25)17-10-9-16(26-17)27(22,23)13-6-2-1-3-7-13/h1-3,6-7,9-10,12,14-15H,4-5,8,11H2,(H,20,21)/t12-,14-,15-/m1/s1. The monoisotopic (exact) mass is 441 g/mol. The van der Waals surface area contributed by atoms with E-state index in [-0.39, 0.29) is 25.3 Å². The van der Waals surface area contributed by atoms with Crippen LogP contribution in [0.5, 0.6) is 0 Å². The molecule has 28 heavy (non-hydrogen) atoms. The highest BCUT2D eigenvalue weighted by molar-refractivity contribution is 7.95. The molecule has 0 unspecified atom stereocenters. The lowest BCUT2D eigenvalue weighted by molar-refractivity contribution is -0.141. The number of benzene rings is 1. The average Bonchev–Trinajstić information content (AvgIpc) is 3.37. The summed E-state index contributed by atoms with van der Waals surface area (Å²) < 4.78 is 52.9. The van der Waals surface area contributed by atoms with E-state index < -0.39 is 31.9 Å². The molecule has 0 bridgehead atoms. The Morgan fingerprint density at radius 3 is 2.36 bits per heavy atom. The van der Waals surface area contributed by atoms with Crippen LogP contribution in [0.15, 0.2) is 55.8 Å². The fourth-order valence-corrected chi connectivity index (χ4v) is 9.37. The van der Waals surface area contributed by atoms with E-state index in [1.54, 1.807) is 18.2 Å². The lowest BCUT2D eigenvalue weighted by atomic mass is 10.0. The van der Waals surface area contributed by atoms with E-state index in [0.717, 1.165) is 17.1 Å². The van der Waals surface area contributed by atoms with E-state index in [2.05, 4.69) is 0 Å². The van der Waals surface area contributed by atoms with Gasteiger partial charge >= 0.3 is 5.97 Å². The van der Waals surface area contributed by atoms with Crippen LogP contribution in [0.1, 0.15) is 25.7 Å². The van der Waals surface area contributed by atoms with Crippen LogP contribution < -0.4 is 0 Å². The third kappa shape index (κ3) is 3.08. The highest BCUT2D eigenvalue weighted by Crippen LogP contribution is 2.45. The van der Waals surface area contributed by atoms with Gasteiger partial charge in [-0.3, -0.25) is 4.79 Å². The molecular weight excluding hydrogens is 422 g/mol. The van der Waals surface area contributed by atoms with Gasteiger partial charge in [-0.25, -0.2) is 16.8 Å². The molecular formula is C18H19NO6S3. The number of fused-ring (bicyclic) bond motifs is 1. The van der Waals surface area contributed by atoms with Crippen molar-refractivity contribution in [2.45, 2.75) is 51.1 Å². The number of hydrogen-bond donors (Lipinski definition) is 1. The maximum Gasteiger partial charge on any atom is 0.322 e. The van der Waals surface area contributed by atoms with E-state index in [1.807, 2.05) is 0 Å². The molecule has 2 aliphatic rings. The molecule has 2 fully saturated rings. The lowest BCUT2D eigenvalue weighted by Crippen LogP contribution is -2.44. The number of rotatable bonds is 5. The van der Waals surface area contributed by atoms with E-state index >= 15 is 0 Å². The summed E-state index contributed by atoms with van der Waals surface area (Å²) in [5.41, 5.74) is 0. The Morgan fingerprint density at radius 2 is 1.68 bits per heavy atom. The van der Waals surface area contributed by atoms with Crippen molar-refractivity contribution in [3.8, 4) is 0 Å². The van der Waals surface area contributed by atoms with Crippen molar-refractivity contribution in [2.75, 3.05) is 0 Å². The number of thiophene rings is 1. The number of carboxylic acids is 1. The van der Waals surface area contributed by atoms with Crippen molar-refractivity contribution in [2.24, 2.45) is 5.92 Å². The number of aliphatic carboxylic acids is 1. The molecule has 2 aromatic rings. The van der Waals surface area contributed by atoms with Crippen molar-refractivity contribution in [1.82, 2.24) is 4.31 Å². The second-order valence-corrected chi connectivity index (χ2v) is 12.4. The summed E-state index contributed by atoms with van der Waals surface area (Å²) in [5, 5.41) is 9.53. The molecule has 1 N–H and O–H groups in total. The number of hydrogen-bond acceptors (Lipinski definition) is 6. The second-order valence-electron chi connectivity index (χ2n) is 7.07. The minimum atomic E-state index is -4.10. The topological polar surface area (TPSA) is 109 Å². The van der Waals surface area contributed by atoms with Gasteiger partial charge in [0.2, 0.25) is 9.84 Å². The Hall–Kier alpha value is -1.75. The first-order chi connectivity index (χ1) is 13.2. The summed E-state index contributed by atoms with van der Waals surface area (Å²) in [4.78, 5) is 11.8. The number of sulfonamides is 1. The molecule has 1 aromatic heterocycles. The largest absolute Gasteiger partial charge is 0.480 e. The third-order valence-corrected chi connectivity index (χ3v) is 11.2. The zero-order chi connectivity index (χ0) is 20.1. The molecule has 150 valence electrons. The Labute approximate surface area is 167 Å². The van der Waals surface area contributed by atoms with Crippen LogP contribution in [0, 0.1) is 5.92 Å². The average molecular weight is 442 g/mol. The van der Waals surface area contributed by atoms with E-state index in [0.29, 0.717) is 24.2 Å². The summed E-state index contributed by atoms with van der Waals surface area (Å²) in [7, 11) is -7.93. The van der Waals surface area contributed by atoms with Gasteiger partial charge in [-0.2, -0.15) is 4.31 Å². The molecule has 0 spiro atoms. The van der Waals surface area contributed by atoms with Gasteiger partial charge in [0.25, 0.3) is 10.0 Å². The zero-order valence-electron chi connectivity index (χ0n) is 14.8. The molecule has 3 atom stereocenters. The predicted octanol–water partition coefficient (Wildman–Crippen LogP) is 2.60. The number of carboxylic acid groups (broad SMARTS) is 1. The second kappa shape index (κ2) is 6.94. The van der Waals surface area contributed by atoms with Gasteiger partial charge in [-0.15, -0.1) is 11.3 Å². The van der Waals surface area contributed by atoms with Crippen molar-refractivity contribution in [3.05, 3.63) is 42.5 Å². The Balaban J connectivity index is 1.72. The van der Waals surface area contributed by atoms with Crippen LogP contribution in [0.3, 0.4) is 0 Å². The first-order valence-electron chi connectivity index (χ1n) is 8.89. The fraction of sp³-hybridized carbons (Fsp3) is 0.389. The number of nitrogens with zero attached hydrogens (tertiary/aromatic N) is 1. The van der Waals surface area contributed by atoms with Gasteiger partial charge in [0.1, 0.15) is 14.5 Å². The van der Waals surface area contributed by atoms with Crippen LogP contribution in [0.2, 0.25) is 0 Å². The fourth-order valence-electron chi connectivity index (χ4n) is 4.21. The Kier molecular flexibility index (Phi) is 4.85. The number of sulfone groups is 1. The third-order valence-electron chi connectivity index (χ3n) is 5.47. The van der Waals surface area contributed by atoms with Crippen molar-refractivity contribution < 1.29 is 26.7 Å². The molecule has 1 saturated heterocycles. The molecule has 7 nitrogen and oxygen atoms in total. The minimum Gasteiger partial charge on any atom is -0.480 e. The SMILES string of the molecule is O=C(O)[C@H]1C[C@H]2CCC[C@H]2N1S(=O)(=O)c1ccc(S(=O)(=O)c2ccccc2)s1. The van der Waals surface area contributed by atoms with Crippen molar-refractivity contribution in [3.63, 3.8) is 0 Å². The molecule has 1 saturated carbocycles. The maximum atomic E-state index is 13.2. The van der Waals surface area contributed by atoms with Gasteiger partial charge in [0.05, 0.1) is 4.90 Å². The van der Waals surface area contributed by atoms with Crippen molar-refractivity contribution >= 4 is 37.2 Å². The highest BCUT2D eigenvalue weighted by Gasteiger charge is 2.52. The molecule has 10 heteroatoms. The van der Waals surface area contributed by atoms with Gasteiger partial charge in [0.15, 0.2) is 0 Å². The zero-order valence-corrected chi connectivity index (χ0v) is 17.2. The summed E-state index contributed by atoms with van der Waals surface area (Å²) in [6.07, 6.45) is 2.62. The van der Waals surface area contributed by atoms with Crippen LogP contribution >= 0.6 is 11.3 Å². The summed E-state index contributed by atoms with van der Waals surface area (Å²) in [5.74, 6) is -1.12. The first-order valence-corrected chi connectivity index (χ1v) is 12.6. The maximum absolute atomic E-state index is 13.2. The van der Waals surface area contributed by atoms with Gasteiger partial charge < -0.3 is 5.11 Å². The van der Waals surface area contributed by atoms with Crippen LogP contribution in [0.4, 0.5) is 0 Å². The van der Waals surface area contributed by atoms with Gasteiger partial charge in [-0.05, 0) is 49.4 Å².